The molecule has 0 fully saturated rings. The van der Waals surface area contributed by atoms with E-state index in [-0.39, 0.29) is 12.2 Å². The average Bonchev–Trinajstić information content (AvgIpc) is 3.30. The predicted octanol–water partition coefficient (Wildman–Crippen LogP) is 5.77. The molecule has 2 aliphatic carbocycles. The van der Waals surface area contributed by atoms with Crippen molar-refractivity contribution in [1.29, 1.82) is 0 Å². The molecule has 0 saturated carbocycles. The summed E-state index contributed by atoms with van der Waals surface area (Å²) in [6.07, 6.45) is 2.56. The molecule has 2 aromatic carbocycles. The van der Waals surface area contributed by atoms with E-state index in [2.05, 4.69) is 76.2 Å². The second kappa shape index (κ2) is 10.3. The highest BCUT2D eigenvalue weighted by Crippen LogP contribution is 2.41. The lowest BCUT2D eigenvalue weighted by atomic mass is 9.88. The first-order valence-corrected chi connectivity index (χ1v) is 12.0. The zero-order chi connectivity index (χ0) is 21.8. The molecule has 2 aliphatic rings. The highest BCUT2D eigenvalue weighted by Gasteiger charge is 2.35. The number of benzene rings is 2. The van der Waals surface area contributed by atoms with Gasteiger partial charge in [-0.15, -0.1) is 0 Å². The van der Waals surface area contributed by atoms with E-state index in [9.17, 15) is 0 Å². The van der Waals surface area contributed by atoms with Crippen LogP contribution in [0.5, 0.6) is 0 Å². The van der Waals surface area contributed by atoms with Crippen LogP contribution in [0.15, 0.2) is 48.5 Å². The quantitative estimate of drug-likeness (QED) is 0.455. The summed E-state index contributed by atoms with van der Waals surface area (Å²) >= 11 is 0. The molecule has 0 N–H and O–H groups in total. The van der Waals surface area contributed by atoms with Gasteiger partial charge in [0.15, 0.2) is 0 Å². The lowest BCUT2D eigenvalue weighted by Crippen LogP contribution is -2.26. The molecule has 168 valence electrons. The minimum absolute atomic E-state index is 0.265. The maximum Gasteiger partial charge on any atom is 0.0704 e. The molecule has 0 bridgehead atoms. The van der Waals surface area contributed by atoms with E-state index in [1.807, 2.05) is 0 Å². The monoisotopic (exact) mass is 422 g/mol. The Kier molecular flexibility index (Phi) is 7.47. The van der Waals surface area contributed by atoms with Crippen molar-refractivity contribution in [2.24, 2.45) is 11.8 Å². The molecule has 0 radical (unpaired) electrons. The predicted molar refractivity (Wildman–Crippen MR) is 126 cm³/mol. The molecule has 0 unspecified atom stereocenters. The van der Waals surface area contributed by atoms with Gasteiger partial charge in [-0.25, -0.2) is 0 Å². The van der Waals surface area contributed by atoms with E-state index in [4.69, 9.17) is 14.2 Å². The lowest BCUT2D eigenvalue weighted by Gasteiger charge is -2.25. The molecule has 2 aromatic rings. The Hall–Kier alpha value is -1.68. The van der Waals surface area contributed by atoms with Crippen LogP contribution >= 0.6 is 0 Å². The highest BCUT2D eigenvalue weighted by molar-refractivity contribution is 5.38. The smallest absolute Gasteiger partial charge is 0.0704 e. The van der Waals surface area contributed by atoms with Crippen molar-refractivity contribution in [1.82, 2.24) is 0 Å². The summed E-state index contributed by atoms with van der Waals surface area (Å²) in [7, 11) is 0. The number of hydrogen-bond donors (Lipinski definition) is 0. The van der Waals surface area contributed by atoms with Gasteiger partial charge in [0.2, 0.25) is 0 Å². The summed E-state index contributed by atoms with van der Waals surface area (Å²) in [5.41, 5.74) is 5.82. The number of ether oxygens (including phenoxy) is 3. The van der Waals surface area contributed by atoms with Crippen LogP contribution < -0.4 is 0 Å². The van der Waals surface area contributed by atoms with Gasteiger partial charge < -0.3 is 14.2 Å². The Morgan fingerprint density at radius 1 is 0.645 bits per heavy atom. The van der Waals surface area contributed by atoms with Crippen LogP contribution in [0.25, 0.3) is 0 Å². The summed E-state index contributed by atoms with van der Waals surface area (Å²) < 4.78 is 18.4. The molecular weight excluding hydrogens is 384 g/mol. The molecule has 3 heteroatoms. The Morgan fingerprint density at radius 3 is 1.48 bits per heavy atom. The van der Waals surface area contributed by atoms with E-state index in [1.165, 1.54) is 22.3 Å². The number of hydrogen-bond acceptors (Lipinski definition) is 3. The molecule has 0 aliphatic heterocycles. The van der Waals surface area contributed by atoms with Crippen molar-refractivity contribution in [2.75, 3.05) is 26.4 Å². The fourth-order valence-electron chi connectivity index (χ4n) is 5.70. The SMILES string of the molecule is CC(C)[C@H]1c2ccccc2C[C@H]1OCCOCCO[C@@H]1Cc2ccccc2[C@@H]1C(C)C. The largest absolute Gasteiger partial charge is 0.377 e. The van der Waals surface area contributed by atoms with Crippen molar-refractivity contribution in [3.05, 3.63) is 70.8 Å². The Labute approximate surface area is 188 Å². The maximum atomic E-state index is 6.26. The van der Waals surface area contributed by atoms with Gasteiger partial charge in [0, 0.05) is 11.8 Å². The van der Waals surface area contributed by atoms with Gasteiger partial charge in [0.05, 0.1) is 38.6 Å². The Balaban J connectivity index is 1.17. The molecule has 0 aromatic heterocycles. The van der Waals surface area contributed by atoms with Gasteiger partial charge in [0.25, 0.3) is 0 Å². The Morgan fingerprint density at radius 2 is 1.06 bits per heavy atom. The highest BCUT2D eigenvalue weighted by atomic mass is 16.5. The summed E-state index contributed by atoms with van der Waals surface area (Å²) in [6, 6.07) is 17.6. The minimum atomic E-state index is 0.265. The fourth-order valence-corrected chi connectivity index (χ4v) is 5.70. The van der Waals surface area contributed by atoms with Gasteiger partial charge in [-0.1, -0.05) is 76.2 Å². The van der Waals surface area contributed by atoms with Gasteiger partial charge in [-0.3, -0.25) is 0 Å². The first kappa shape index (κ1) is 22.5. The topological polar surface area (TPSA) is 27.7 Å². The van der Waals surface area contributed by atoms with E-state index in [0.717, 1.165) is 12.8 Å². The molecular formula is C28H38O3. The molecule has 4 atom stereocenters. The van der Waals surface area contributed by atoms with E-state index >= 15 is 0 Å². The molecule has 4 rings (SSSR count). The number of rotatable bonds is 10. The fraction of sp³-hybridized carbons (Fsp3) is 0.571. The van der Waals surface area contributed by atoms with Gasteiger partial charge >= 0.3 is 0 Å². The van der Waals surface area contributed by atoms with E-state index in [0.29, 0.717) is 50.1 Å². The maximum absolute atomic E-state index is 6.26. The van der Waals surface area contributed by atoms with Gasteiger partial charge in [-0.05, 0) is 46.9 Å². The normalized spacial score (nSPS) is 24.7. The summed E-state index contributed by atoms with van der Waals surface area (Å²) in [6.45, 7) is 11.7. The van der Waals surface area contributed by atoms with Gasteiger partial charge in [0.1, 0.15) is 0 Å². The third-order valence-corrected chi connectivity index (χ3v) is 7.03. The molecule has 0 amide bonds. The van der Waals surface area contributed by atoms with Crippen molar-refractivity contribution in [3.8, 4) is 0 Å². The average molecular weight is 423 g/mol. The van der Waals surface area contributed by atoms with Crippen LogP contribution in [0.2, 0.25) is 0 Å². The van der Waals surface area contributed by atoms with Crippen LogP contribution in [0.4, 0.5) is 0 Å². The standard InChI is InChI=1S/C28H38O3/c1-19(2)27-23-11-7-5-9-21(23)17-25(27)30-15-13-29-14-16-31-26-18-22-10-6-8-12-24(22)28(26)20(3)4/h5-12,19-20,25-28H,13-18H2,1-4H3/t25-,26-,27+,28+/m1/s1. The summed E-state index contributed by atoms with van der Waals surface area (Å²) in [4.78, 5) is 0. The van der Waals surface area contributed by atoms with Crippen LogP contribution in [0, 0.1) is 11.8 Å². The van der Waals surface area contributed by atoms with Crippen molar-refractivity contribution >= 4 is 0 Å². The van der Waals surface area contributed by atoms with Crippen LogP contribution in [0.1, 0.15) is 61.8 Å². The third kappa shape index (κ3) is 5.05. The zero-order valence-corrected chi connectivity index (χ0v) is 19.6. The molecule has 0 spiro atoms. The van der Waals surface area contributed by atoms with Crippen LogP contribution in [-0.4, -0.2) is 38.6 Å². The first-order chi connectivity index (χ1) is 15.1. The Bertz CT molecular complexity index is 774. The second-order valence-electron chi connectivity index (χ2n) is 9.78. The minimum Gasteiger partial charge on any atom is -0.377 e. The zero-order valence-electron chi connectivity index (χ0n) is 19.6. The number of fused-ring (bicyclic) bond motifs is 2. The lowest BCUT2D eigenvalue weighted by molar-refractivity contribution is -0.0360. The molecule has 0 saturated heterocycles. The third-order valence-electron chi connectivity index (χ3n) is 7.03. The van der Waals surface area contributed by atoms with E-state index in [1.54, 1.807) is 0 Å². The van der Waals surface area contributed by atoms with Crippen molar-refractivity contribution < 1.29 is 14.2 Å². The van der Waals surface area contributed by atoms with Crippen molar-refractivity contribution in [3.63, 3.8) is 0 Å². The first-order valence-electron chi connectivity index (χ1n) is 12.0. The molecule has 3 nitrogen and oxygen atoms in total. The molecule has 0 heterocycles. The summed E-state index contributed by atoms with van der Waals surface area (Å²) in [5, 5.41) is 0. The second-order valence-corrected chi connectivity index (χ2v) is 9.78. The van der Waals surface area contributed by atoms with Crippen molar-refractivity contribution in [2.45, 2.75) is 64.6 Å². The molecule has 31 heavy (non-hydrogen) atoms. The van der Waals surface area contributed by atoms with Crippen LogP contribution in [0.3, 0.4) is 0 Å². The summed E-state index contributed by atoms with van der Waals surface area (Å²) in [5.74, 6) is 2.12. The van der Waals surface area contributed by atoms with Gasteiger partial charge in [-0.2, -0.15) is 0 Å². The van der Waals surface area contributed by atoms with E-state index < -0.39 is 0 Å². The van der Waals surface area contributed by atoms with Crippen LogP contribution in [-0.2, 0) is 27.1 Å².